The molecule has 0 aromatic heterocycles. The van der Waals surface area contributed by atoms with E-state index in [0.717, 1.165) is 49.1 Å². The quantitative estimate of drug-likeness (QED) is 0.0898. The second kappa shape index (κ2) is 8.83. The molecule has 0 amide bonds. The van der Waals surface area contributed by atoms with E-state index in [9.17, 15) is 9.90 Å². The van der Waals surface area contributed by atoms with E-state index in [2.05, 4.69) is 109 Å². The molecule has 4 rings (SSSR count). The third-order valence-electron chi connectivity index (χ3n) is 5.35. The summed E-state index contributed by atoms with van der Waals surface area (Å²) in [4.78, 5) is 12.7. The smallest absolute Gasteiger partial charge is 0.198 e. The monoisotopic (exact) mass is 894 g/mol. The average Bonchev–Trinajstić information content (AvgIpc) is 2.74. The van der Waals surface area contributed by atoms with E-state index in [1.54, 1.807) is 6.92 Å². The molecule has 1 aliphatic carbocycles. The number of fused-ring (bicyclic) bond motifs is 2. The lowest BCUT2D eigenvalue weighted by Gasteiger charge is -2.22. The summed E-state index contributed by atoms with van der Waals surface area (Å²) < 4.78 is 11.2. The number of halogens is 6. The molecular weight excluding hydrogens is 886 g/mol. The first-order valence-corrected chi connectivity index (χ1v) is 14.2. The predicted octanol–water partition coefficient (Wildman–Crippen LogP) is 9.45. The summed E-state index contributed by atoms with van der Waals surface area (Å²) in [6, 6.07) is 3.81. The first-order valence-electron chi connectivity index (χ1n) is 8.87. The van der Waals surface area contributed by atoms with E-state index >= 15 is 0 Å². The Morgan fingerprint density at radius 1 is 0.806 bits per heavy atom. The van der Waals surface area contributed by atoms with Crippen molar-refractivity contribution in [1.29, 1.82) is 0 Å². The van der Waals surface area contributed by atoms with Gasteiger partial charge in [0.1, 0.15) is 17.1 Å². The molecule has 3 nitrogen and oxygen atoms in total. The van der Waals surface area contributed by atoms with Crippen LogP contribution in [-0.2, 0) is 0 Å². The second-order valence-electron chi connectivity index (χ2n) is 7.13. The molecule has 1 heterocycles. The Bertz CT molecular complexity index is 1430. The zero-order valence-electron chi connectivity index (χ0n) is 16.2. The molecule has 0 bridgehead atoms. The van der Waals surface area contributed by atoms with Crippen LogP contribution in [-0.4, -0.2) is 5.11 Å². The Morgan fingerprint density at radius 3 is 2.06 bits per heavy atom. The van der Waals surface area contributed by atoms with Crippen LogP contribution in [0.3, 0.4) is 0 Å². The molecule has 31 heavy (non-hydrogen) atoms. The molecule has 2 aromatic rings. The van der Waals surface area contributed by atoms with E-state index in [-0.39, 0.29) is 11.2 Å². The van der Waals surface area contributed by atoms with Gasteiger partial charge < -0.3 is 9.52 Å². The molecule has 160 valence electrons. The number of benzene rings is 3. The van der Waals surface area contributed by atoms with Crippen molar-refractivity contribution in [1.82, 2.24) is 0 Å². The normalized spacial score (nSPS) is 11.6. The fourth-order valence-corrected chi connectivity index (χ4v) is 7.63. The lowest BCUT2D eigenvalue weighted by Crippen LogP contribution is -2.12. The van der Waals surface area contributed by atoms with Crippen LogP contribution in [0.2, 0.25) is 0 Å². The van der Waals surface area contributed by atoms with Gasteiger partial charge in [-0.25, -0.2) is 0 Å². The molecule has 0 spiro atoms. The van der Waals surface area contributed by atoms with Gasteiger partial charge in [-0.05, 0) is 147 Å². The van der Waals surface area contributed by atoms with Crippen molar-refractivity contribution in [3.63, 3.8) is 0 Å². The maximum atomic E-state index is 12.7. The minimum atomic E-state index is -0.0523. The van der Waals surface area contributed by atoms with Gasteiger partial charge >= 0.3 is 0 Å². The highest BCUT2D eigenvalue weighted by molar-refractivity contribution is 14.1. The second-order valence-corrected chi connectivity index (χ2v) is 12.6. The standard InChI is InChI=1S/C22H12Br4I2O3/c1-6-13(16(24)18(26)17(25)15(6)23)14-9-4-11(27)19(29)7(2)21(9)31-22-8(3)20(30)12(28)5-10(14)22/h4-5,29H,1-3H3. The molecule has 1 N–H and O–H groups in total. The van der Waals surface area contributed by atoms with Gasteiger partial charge in [0.2, 0.25) is 0 Å². The van der Waals surface area contributed by atoms with Crippen LogP contribution in [0.1, 0.15) is 16.7 Å². The lowest BCUT2D eigenvalue weighted by molar-refractivity contribution is 0.466. The van der Waals surface area contributed by atoms with Crippen molar-refractivity contribution in [3.8, 4) is 28.2 Å². The van der Waals surface area contributed by atoms with Gasteiger partial charge in [0.15, 0.2) is 5.43 Å². The van der Waals surface area contributed by atoms with E-state index in [0.29, 0.717) is 26.0 Å². The van der Waals surface area contributed by atoms with Crippen LogP contribution in [0.25, 0.3) is 33.4 Å². The molecule has 9 heteroatoms. The molecule has 0 unspecified atom stereocenters. The predicted molar refractivity (Wildman–Crippen MR) is 157 cm³/mol. The topological polar surface area (TPSA) is 50.4 Å². The number of hydrogen-bond acceptors (Lipinski definition) is 3. The Labute approximate surface area is 239 Å². The van der Waals surface area contributed by atoms with E-state index < -0.39 is 0 Å². The van der Waals surface area contributed by atoms with Crippen LogP contribution in [0.4, 0.5) is 0 Å². The summed E-state index contributed by atoms with van der Waals surface area (Å²) in [5, 5.41) is 11.4. The number of aromatic hydroxyl groups is 1. The summed E-state index contributed by atoms with van der Waals surface area (Å²) in [5.41, 5.74) is 5.48. The molecule has 2 aliphatic rings. The maximum absolute atomic E-state index is 12.7. The SMILES string of the molecule is Cc1c(Br)c(Br)c(Br)c(Br)c1-c1c2cc(I)c(=O)c(C)c-2oc2c(C)c(O)c(I)cc12. The summed E-state index contributed by atoms with van der Waals surface area (Å²) in [6.45, 7) is 5.65. The summed E-state index contributed by atoms with van der Waals surface area (Å²) in [6.07, 6.45) is 0. The fourth-order valence-electron chi connectivity index (χ4n) is 3.68. The van der Waals surface area contributed by atoms with Gasteiger partial charge in [-0.3, -0.25) is 4.79 Å². The molecule has 0 fully saturated rings. The summed E-state index contributed by atoms with van der Waals surface area (Å²) >= 11 is 19.0. The van der Waals surface area contributed by atoms with Gasteiger partial charge in [-0.15, -0.1) is 0 Å². The molecule has 2 aromatic carbocycles. The van der Waals surface area contributed by atoms with Crippen LogP contribution >= 0.6 is 109 Å². The van der Waals surface area contributed by atoms with Crippen molar-refractivity contribution < 1.29 is 9.52 Å². The van der Waals surface area contributed by atoms with Gasteiger partial charge in [-0.1, -0.05) is 0 Å². The van der Waals surface area contributed by atoms with Gasteiger partial charge in [0.25, 0.3) is 0 Å². The zero-order chi connectivity index (χ0) is 22.9. The van der Waals surface area contributed by atoms with Crippen molar-refractivity contribution in [2.24, 2.45) is 0 Å². The van der Waals surface area contributed by atoms with Crippen molar-refractivity contribution >= 4 is 120 Å². The number of hydrogen-bond donors (Lipinski definition) is 1. The van der Waals surface area contributed by atoms with Crippen LogP contribution in [0.15, 0.2) is 39.2 Å². The summed E-state index contributed by atoms with van der Waals surface area (Å²) in [7, 11) is 0. The Hall–Kier alpha value is 0.310. The fraction of sp³-hybridized carbons (Fsp3) is 0.136. The van der Waals surface area contributed by atoms with Gasteiger partial charge in [0, 0.05) is 51.1 Å². The van der Waals surface area contributed by atoms with Crippen LogP contribution in [0, 0.1) is 27.9 Å². The van der Waals surface area contributed by atoms with Crippen molar-refractivity contribution in [2.75, 3.05) is 0 Å². The number of rotatable bonds is 1. The first-order chi connectivity index (χ1) is 14.5. The molecule has 0 saturated heterocycles. The third-order valence-corrected chi connectivity index (χ3v) is 11.9. The van der Waals surface area contributed by atoms with Crippen molar-refractivity contribution in [2.45, 2.75) is 20.8 Å². The van der Waals surface area contributed by atoms with E-state index in [4.69, 9.17) is 4.42 Å². The number of phenols is 1. The Morgan fingerprint density at radius 2 is 1.42 bits per heavy atom. The van der Waals surface area contributed by atoms with Crippen molar-refractivity contribution in [3.05, 3.63) is 64.1 Å². The minimum Gasteiger partial charge on any atom is -0.506 e. The first kappa shape index (κ1) is 24.4. The highest BCUT2D eigenvalue weighted by Gasteiger charge is 2.28. The minimum absolute atomic E-state index is 0.0523. The number of phenolic OH excluding ortho intramolecular Hbond substituents is 1. The molecule has 0 radical (unpaired) electrons. The maximum Gasteiger partial charge on any atom is 0.198 e. The average molecular weight is 898 g/mol. The van der Waals surface area contributed by atoms with Crippen LogP contribution < -0.4 is 5.43 Å². The highest BCUT2D eigenvalue weighted by Crippen LogP contribution is 2.52. The van der Waals surface area contributed by atoms with E-state index in [1.807, 2.05) is 26.0 Å². The number of aryl methyl sites for hydroxylation is 1. The van der Waals surface area contributed by atoms with E-state index in [1.165, 1.54) is 0 Å². The lowest BCUT2D eigenvalue weighted by atomic mass is 9.89. The molecule has 0 atom stereocenters. The third kappa shape index (κ3) is 3.77. The van der Waals surface area contributed by atoms with Gasteiger partial charge in [0.05, 0.1) is 7.14 Å². The zero-order valence-corrected chi connectivity index (χ0v) is 26.8. The largest absolute Gasteiger partial charge is 0.506 e. The summed E-state index contributed by atoms with van der Waals surface area (Å²) in [5.74, 6) is 0.708. The molecule has 1 aliphatic heterocycles. The Kier molecular flexibility index (Phi) is 6.96. The van der Waals surface area contributed by atoms with Crippen LogP contribution in [0.5, 0.6) is 5.75 Å². The molecular formula is C22H12Br4I2O3. The van der Waals surface area contributed by atoms with Gasteiger partial charge in [-0.2, -0.15) is 0 Å². The highest BCUT2D eigenvalue weighted by atomic mass is 127. The molecule has 0 saturated carbocycles. The Balaban J connectivity index is 2.39.